The van der Waals surface area contributed by atoms with Gasteiger partial charge in [0.15, 0.2) is 0 Å². The van der Waals surface area contributed by atoms with Crippen molar-refractivity contribution < 1.29 is 17.9 Å². The van der Waals surface area contributed by atoms with E-state index in [2.05, 4.69) is 10.0 Å². The molecule has 8 heteroatoms. The van der Waals surface area contributed by atoms with Crippen molar-refractivity contribution in [2.75, 3.05) is 33.9 Å². The lowest BCUT2D eigenvalue weighted by molar-refractivity contribution is 0.122. The summed E-state index contributed by atoms with van der Waals surface area (Å²) in [5.74, 6) is 0.889. The lowest BCUT2D eigenvalue weighted by atomic mass is 9.99. The highest BCUT2D eigenvalue weighted by molar-refractivity contribution is 7.89. The third kappa shape index (κ3) is 5.10. The van der Waals surface area contributed by atoms with Gasteiger partial charge in [-0.05, 0) is 55.5 Å². The Morgan fingerprint density at radius 2 is 2.00 bits per heavy atom. The Hall–Kier alpha value is -0.860. The van der Waals surface area contributed by atoms with Gasteiger partial charge in [0.2, 0.25) is 10.0 Å². The summed E-state index contributed by atoms with van der Waals surface area (Å²) >= 11 is 0. The fraction of sp³-hybridized carbons (Fsp3) is 0.667. The maximum atomic E-state index is 12.9. The number of ether oxygens (including phenoxy) is 2. The number of benzene rings is 1. The van der Waals surface area contributed by atoms with E-state index < -0.39 is 10.0 Å². The molecule has 1 fully saturated rings. The summed E-state index contributed by atoms with van der Waals surface area (Å²) in [6.45, 7) is 7.50. The van der Waals surface area contributed by atoms with Gasteiger partial charge < -0.3 is 14.8 Å². The van der Waals surface area contributed by atoms with Crippen LogP contribution in [0.4, 0.5) is 0 Å². The number of aryl methyl sites for hydroxylation is 1. The molecule has 150 valence electrons. The Bertz CT molecular complexity index is 701. The number of methoxy groups -OCH3 is 2. The molecule has 0 bridgehead atoms. The molecule has 26 heavy (non-hydrogen) atoms. The molecule has 1 atom stereocenters. The van der Waals surface area contributed by atoms with Gasteiger partial charge in [-0.2, -0.15) is 0 Å². The predicted octanol–water partition coefficient (Wildman–Crippen LogP) is 2.60. The summed E-state index contributed by atoms with van der Waals surface area (Å²) in [6.07, 6.45) is 1.91. The topological polar surface area (TPSA) is 76.7 Å². The monoisotopic (exact) mass is 406 g/mol. The minimum Gasteiger partial charge on any atom is -0.496 e. The minimum atomic E-state index is -3.62. The van der Waals surface area contributed by atoms with Crippen molar-refractivity contribution in [1.82, 2.24) is 10.0 Å². The van der Waals surface area contributed by atoms with Crippen molar-refractivity contribution in [3.63, 3.8) is 0 Å². The SMILES string of the molecule is COCC1(CNS(=O)(=O)c2cc(C(C)C)c(OC)cc2C)CCCN1.Cl. The summed E-state index contributed by atoms with van der Waals surface area (Å²) < 4.78 is 39.3. The zero-order valence-electron chi connectivity index (χ0n) is 16.2. The summed E-state index contributed by atoms with van der Waals surface area (Å²) in [7, 11) is -0.375. The molecule has 2 rings (SSSR count). The van der Waals surface area contributed by atoms with Crippen LogP contribution < -0.4 is 14.8 Å². The Morgan fingerprint density at radius 1 is 1.31 bits per heavy atom. The van der Waals surface area contributed by atoms with Crippen LogP contribution in [0.1, 0.15) is 43.7 Å². The number of nitrogens with one attached hydrogen (secondary N) is 2. The fourth-order valence-electron chi connectivity index (χ4n) is 3.38. The first kappa shape index (κ1) is 23.2. The maximum Gasteiger partial charge on any atom is 0.240 e. The van der Waals surface area contributed by atoms with Crippen LogP contribution in [-0.4, -0.2) is 47.9 Å². The van der Waals surface area contributed by atoms with Gasteiger partial charge in [-0.25, -0.2) is 13.1 Å². The van der Waals surface area contributed by atoms with Gasteiger partial charge in [-0.1, -0.05) is 13.8 Å². The molecule has 1 saturated heterocycles. The van der Waals surface area contributed by atoms with Crippen molar-refractivity contribution in [2.24, 2.45) is 0 Å². The molecule has 1 aromatic rings. The van der Waals surface area contributed by atoms with Crippen LogP contribution in [0.5, 0.6) is 5.75 Å². The van der Waals surface area contributed by atoms with Gasteiger partial charge in [-0.15, -0.1) is 12.4 Å². The standard InChI is InChI=1S/C18H30N2O4S.ClH/c1-13(2)15-10-17(14(3)9-16(15)24-5)25(21,22)20-11-18(12-23-4)7-6-8-19-18;/h9-10,13,19-20H,6-8,11-12H2,1-5H3;1H. The molecule has 0 aromatic heterocycles. The molecule has 1 aliphatic heterocycles. The predicted molar refractivity (Wildman–Crippen MR) is 106 cm³/mol. The van der Waals surface area contributed by atoms with Crippen LogP contribution in [0.25, 0.3) is 0 Å². The highest BCUT2D eigenvalue weighted by Gasteiger charge is 2.35. The van der Waals surface area contributed by atoms with E-state index in [1.165, 1.54) is 0 Å². The van der Waals surface area contributed by atoms with Gasteiger partial charge in [-0.3, -0.25) is 0 Å². The normalized spacial score (nSPS) is 20.2. The van der Waals surface area contributed by atoms with E-state index in [1.807, 2.05) is 13.8 Å². The summed E-state index contributed by atoms with van der Waals surface area (Å²) in [6, 6.07) is 3.52. The first-order valence-corrected chi connectivity index (χ1v) is 10.1. The van der Waals surface area contributed by atoms with Crippen molar-refractivity contribution >= 4 is 22.4 Å². The van der Waals surface area contributed by atoms with Gasteiger partial charge in [0.1, 0.15) is 5.75 Å². The number of hydrogen-bond donors (Lipinski definition) is 2. The molecule has 0 saturated carbocycles. The van der Waals surface area contributed by atoms with E-state index in [0.717, 1.165) is 30.7 Å². The smallest absolute Gasteiger partial charge is 0.240 e. The zero-order valence-corrected chi connectivity index (χ0v) is 17.9. The number of rotatable bonds is 8. The van der Waals surface area contributed by atoms with Crippen LogP contribution in [0, 0.1) is 6.92 Å². The van der Waals surface area contributed by atoms with Crippen molar-refractivity contribution in [3.8, 4) is 5.75 Å². The molecular weight excluding hydrogens is 376 g/mol. The number of halogens is 1. The molecule has 6 nitrogen and oxygen atoms in total. The Kier molecular flexibility index (Phi) is 8.35. The Balaban J connectivity index is 0.00000338. The lowest BCUT2D eigenvalue weighted by Crippen LogP contribution is -2.52. The van der Waals surface area contributed by atoms with E-state index in [-0.39, 0.29) is 23.9 Å². The molecular formula is C18H31ClN2O4S. The van der Waals surface area contributed by atoms with Gasteiger partial charge in [0.05, 0.1) is 24.2 Å². The van der Waals surface area contributed by atoms with Crippen molar-refractivity contribution in [1.29, 1.82) is 0 Å². The number of hydrogen-bond acceptors (Lipinski definition) is 5. The molecule has 1 aliphatic rings. The van der Waals surface area contributed by atoms with E-state index in [4.69, 9.17) is 9.47 Å². The van der Waals surface area contributed by atoms with Crippen LogP contribution >= 0.6 is 12.4 Å². The third-order valence-electron chi connectivity index (χ3n) is 4.79. The lowest BCUT2D eigenvalue weighted by Gasteiger charge is -2.29. The summed E-state index contributed by atoms with van der Waals surface area (Å²) in [5, 5.41) is 3.39. The van der Waals surface area contributed by atoms with E-state index in [1.54, 1.807) is 33.3 Å². The van der Waals surface area contributed by atoms with Crippen molar-refractivity contribution in [2.45, 2.75) is 50.0 Å². The van der Waals surface area contributed by atoms with Gasteiger partial charge in [0, 0.05) is 13.7 Å². The molecule has 0 spiro atoms. The average molecular weight is 407 g/mol. The highest BCUT2D eigenvalue weighted by Crippen LogP contribution is 2.31. The highest BCUT2D eigenvalue weighted by atomic mass is 35.5. The van der Waals surface area contributed by atoms with Gasteiger partial charge in [0.25, 0.3) is 0 Å². The second-order valence-electron chi connectivity index (χ2n) is 7.08. The van der Waals surface area contributed by atoms with E-state index in [0.29, 0.717) is 23.6 Å². The second-order valence-corrected chi connectivity index (χ2v) is 8.82. The summed E-state index contributed by atoms with van der Waals surface area (Å²) in [5.41, 5.74) is 1.23. The Morgan fingerprint density at radius 3 is 2.50 bits per heavy atom. The van der Waals surface area contributed by atoms with Crippen LogP contribution in [0.3, 0.4) is 0 Å². The molecule has 2 N–H and O–H groups in total. The minimum absolute atomic E-state index is 0. The zero-order chi connectivity index (χ0) is 18.7. The average Bonchev–Trinajstić information content (AvgIpc) is 3.01. The van der Waals surface area contributed by atoms with Crippen LogP contribution in [0.15, 0.2) is 17.0 Å². The third-order valence-corrected chi connectivity index (χ3v) is 6.34. The summed E-state index contributed by atoms with van der Waals surface area (Å²) in [4.78, 5) is 0.308. The molecule has 1 unspecified atom stereocenters. The molecule has 0 aliphatic carbocycles. The Labute approximate surface area is 163 Å². The van der Waals surface area contributed by atoms with Crippen LogP contribution in [0.2, 0.25) is 0 Å². The van der Waals surface area contributed by atoms with Gasteiger partial charge >= 0.3 is 0 Å². The van der Waals surface area contributed by atoms with E-state index >= 15 is 0 Å². The van der Waals surface area contributed by atoms with E-state index in [9.17, 15) is 8.42 Å². The number of sulfonamides is 1. The molecule has 1 aromatic carbocycles. The van der Waals surface area contributed by atoms with Crippen molar-refractivity contribution in [3.05, 3.63) is 23.3 Å². The quantitative estimate of drug-likeness (QED) is 0.693. The first-order valence-electron chi connectivity index (χ1n) is 8.67. The molecule has 1 heterocycles. The molecule has 0 amide bonds. The fourth-order valence-corrected chi connectivity index (χ4v) is 4.76. The van der Waals surface area contributed by atoms with Crippen LogP contribution in [-0.2, 0) is 14.8 Å². The second kappa shape index (κ2) is 9.37. The largest absolute Gasteiger partial charge is 0.496 e. The maximum absolute atomic E-state index is 12.9. The first-order chi connectivity index (χ1) is 11.7. The molecule has 0 radical (unpaired) electrons.